The highest BCUT2D eigenvalue weighted by Gasteiger charge is 2.15. The zero-order valence-corrected chi connectivity index (χ0v) is 22.1. The summed E-state index contributed by atoms with van der Waals surface area (Å²) in [6.45, 7) is 2.19. The molecule has 0 saturated heterocycles. The van der Waals surface area contributed by atoms with Crippen LogP contribution in [-0.4, -0.2) is 36.9 Å². The zero-order chi connectivity index (χ0) is 27.4. The van der Waals surface area contributed by atoms with Crippen molar-refractivity contribution < 1.29 is 4.79 Å². The minimum absolute atomic E-state index is 0.219. The number of aromatic nitrogens is 5. The third-order valence-electron chi connectivity index (χ3n) is 6.34. The lowest BCUT2D eigenvalue weighted by Gasteiger charge is -2.10. The quantitative estimate of drug-likeness (QED) is 0.337. The molecule has 3 N–H and O–H groups in total. The largest absolute Gasteiger partial charge is 0.382 e. The topological polar surface area (TPSA) is 95.2 Å². The number of amides is 1. The minimum Gasteiger partial charge on any atom is -0.382 e. The number of fused-ring (bicyclic) bond motifs is 2. The van der Waals surface area contributed by atoms with Crippen LogP contribution in [0.15, 0.2) is 91.4 Å². The van der Waals surface area contributed by atoms with Crippen LogP contribution in [0, 0.1) is 11.8 Å². The van der Waals surface area contributed by atoms with E-state index in [0.717, 1.165) is 17.5 Å². The molecule has 6 aromatic rings. The molecule has 0 aliphatic heterocycles. The first-order chi connectivity index (χ1) is 19.0. The van der Waals surface area contributed by atoms with Crippen LogP contribution in [0.2, 0.25) is 0 Å². The van der Waals surface area contributed by atoms with Crippen LogP contribution in [-0.2, 0) is 13.5 Å². The highest BCUT2D eigenvalue weighted by Crippen LogP contribution is 2.27. The number of nitrogens with one attached hydrogen (secondary N) is 1. The Kier molecular flexibility index (Phi) is 7.15. The molecule has 0 radical (unpaired) electrons. The van der Waals surface area contributed by atoms with E-state index in [-0.39, 0.29) is 11.7 Å². The van der Waals surface area contributed by atoms with Crippen molar-refractivity contribution in [1.29, 1.82) is 0 Å². The van der Waals surface area contributed by atoms with Gasteiger partial charge in [0.25, 0.3) is 5.91 Å². The summed E-state index contributed by atoms with van der Waals surface area (Å²) in [5.74, 6) is 6.60. The highest BCUT2D eigenvalue weighted by molar-refractivity contribution is 6.04. The molecular weight excluding hydrogens is 486 g/mol. The van der Waals surface area contributed by atoms with E-state index in [1.54, 1.807) is 34.7 Å². The molecule has 6 rings (SSSR count). The summed E-state index contributed by atoms with van der Waals surface area (Å²) < 4.78 is 5.68. The van der Waals surface area contributed by atoms with Gasteiger partial charge in [-0.05, 0) is 42.8 Å². The molecule has 0 atom stereocenters. The number of rotatable bonds is 3. The van der Waals surface area contributed by atoms with Crippen molar-refractivity contribution in [3.8, 4) is 17.5 Å². The lowest BCUT2D eigenvalue weighted by molar-refractivity contribution is 0.0965. The fourth-order valence-corrected chi connectivity index (χ4v) is 4.55. The van der Waals surface area contributed by atoms with E-state index in [1.807, 2.05) is 31.4 Å². The van der Waals surface area contributed by atoms with E-state index in [4.69, 9.17) is 5.73 Å². The van der Waals surface area contributed by atoms with Crippen LogP contribution in [0.4, 0.5) is 5.82 Å². The second-order valence-corrected chi connectivity index (χ2v) is 8.93. The van der Waals surface area contributed by atoms with Gasteiger partial charge in [0, 0.05) is 48.8 Å². The van der Waals surface area contributed by atoms with E-state index in [0.29, 0.717) is 11.1 Å². The molecule has 8 nitrogen and oxygen atoms in total. The molecule has 8 heteroatoms. The van der Waals surface area contributed by atoms with Gasteiger partial charge >= 0.3 is 0 Å². The van der Waals surface area contributed by atoms with Gasteiger partial charge in [-0.1, -0.05) is 55.2 Å². The number of carbonyl (C=O) groups is 1. The average molecular weight is 516 g/mol. The lowest BCUT2D eigenvalue weighted by Crippen LogP contribution is -2.18. The number of nitrogens with zero attached hydrogens (tertiary/aromatic N) is 5. The molecule has 1 amide bonds. The van der Waals surface area contributed by atoms with E-state index >= 15 is 0 Å². The molecular formula is C31H29N7O. The molecule has 0 spiro atoms. The van der Waals surface area contributed by atoms with Crippen molar-refractivity contribution >= 4 is 28.1 Å². The van der Waals surface area contributed by atoms with E-state index < -0.39 is 0 Å². The summed E-state index contributed by atoms with van der Waals surface area (Å²) >= 11 is 0. The third-order valence-corrected chi connectivity index (χ3v) is 6.34. The Balaban J connectivity index is 0.000000186. The van der Waals surface area contributed by atoms with Crippen molar-refractivity contribution in [1.82, 2.24) is 29.3 Å². The molecule has 0 saturated carbocycles. The summed E-state index contributed by atoms with van der Waals surface area (Å²) in [6, 6.07) is 24.5. The van der Waals surface area contributed by atoms with Crippen LogP contribution in [0.5, 0.6) is 0 Å². The van der Waals surface area contributed by atoms with Crippen molar-refractivity contribution in [2.75, 3.05) is 12.8 Å². The number of hydrogen-bond donors (Lipinski definition) is 2. The third kappa shape index (κ3) is 5.11. The molecule has 39 heavy (non-hydrogen) atoms. The van der Waals surface area contributed by atoms with Gasteiger partial charge in [-0.3, -0.25) is 9.48 Å². The Morgan fingerprint density at radius 2 is 1.82 bits per heavy atom. The van der Waals surface area contributed by atoms with Crippen LogP contribution in [0.3, 0.4) is 0 Å². The molecule has 0 unspecified atom stereocenters. The highest BCUT2D eigenvalue weighted by atomic mass is 16.1. The molecule has 0 aliphatic rings. The van der Waals surface area contributed by atoms with E-state index in [9.17, 15) is 4.79 Å². The first-order valence-electron chi connectivity index (χ1n) is 12.6. The van der Waals surface area contributed by atoms with Crippen LogP contribution in [0.25, 0.3) is 22.1 Å². The Labute approximate surface area is 226 Å². The summed E-state index contributed by atoms with van der Waals surface area (Å²) in [5, 5.41) is 11.9. The summed E-state index contributed by atoms with van der Waals surface area (Å²) in [4.78, 5) is 11.5. The van der Waals surface area contributed by atoms with Gasteiger partial charge in [-0.2, -0.15) is 5.10 Å². The van der Waals surface area contributed by atoms with Gasteiger partial charge in [-0.15, -0.1) is 5.10 Å². The van der Waals surface area contributed by atoms with Gasteiger partial charge < -0.3 is 15.6 Å². The SMILES string of the molecule is CCc1cc2cccc(C#Cc3cnn(C)c3)c2n1-c1ccccc1.CNC(=O)c1c(N)nn2ccccc12. The second-order valence-electron chi connectivity index (χ2n) is 8.93. The molecule has 0 bridgehead atoms. The summed E-state index contributed by atoms with van der Waals surface area (Å²) in [6.07, 6.45) is 6.44. The number of carbonyl (C=O) groups excluding carboxylic acids is 1. The number of anilines is 1. The number of aryl methyl sites for hydroxylation is 2. The van der Waals surface area contributed by atoms with Gasteiger partial charge in [0.2, 0.25) is 0 Å². The smallest absolute Gasteiger partial charge is 0.257 e. The molecule has 0 aliphatic carbocycles. The predicted molar refractivity (Wildman–Crippen MR) is 155 cm³/mol. The first-order valence-corrected chi connectivity index (χ1v) is 12.6. The number of benzene rings is 2. The van der Waals surface area contributed by atoms with E-state index in [2.05, 4.69) is 87.4 Å². The van der Waals surface area contributed by atoms with Gasteiger partial charge in [0.15, 0.2) is 5.82 Å². The predicted octanol–water partition coefficient (Wildman–Crippen LogP) is 4.60. The van der Waals surface area contributed by atoms with E-state index in [1.165, 1.54) is 22.3 Å². The molecule has 4 heterocycles. The average Bonchev–Trinajstić information content (AvgIpc) is 3.66. The fourth-order valence-electron chi connectivity index (χ4n) is 4.55. The molecule has 194 valence electrons. The maximum Gasteiger partial charge on any atom is 0.257 e. The number of para-hydroxylation sites is 2. The fraction of sp³-hybridized carbons (Fsp3) is 0.129. The van der Waals surface area contributed by atoms with Gasteiger partial charge in [0.05, 0.1) is 22.8 Å². The Hall–Kier alpha value is -5.29. The Morgan fingerprint density at radius 3 is 2.54 bits per heavy atom. The van der Waals surface area contributed by atoms with Gasteiger partial charge in [-0.25, -0.2) is 4.52 Å². The second kappa shape index (κ2) is 11.0. The monoisotopic (exact) mass is 515 g/mol. The maximum absolute atomic E-state index is 11.5. The molecule has 2 aromatic carbocycles. The maximum atomic E-state index is 11.5. The van der Waals surface area contributed by atoms with Crippen LogP contribution in [0.1, 0.15) is 34.1 Å². The minimum atomic E-state index is -0.219. The lowest BCUT2D eigenvalue weighted by atomic mass is 10.1. The zero-order valence-electron chi connectivity index (χ0n) is 22.1. The number of hydrogen-bond acceptors (Lipinski definition) is 4. The van der Waals surface area contributed by atoms with Crippen molar-refractivity contribution in [2.45, 2.75) is 13.3 Å². The summed E-state index contributed by atoms with van der Waals surface area (Å²) in [5.41, 5.74) is 12.4. The first kappa shape index (κ1) is 25.4. The van der Waals surface area contributed by atoms with Crippen LogP contribution < -0.4 is 11.1 Å². The van der Waals surface area contributed by atoms with Crippen molar-refractivity contribution in [2.24, 2.45) is 7.05 Å². The summed E-state index contributed by atoms with van der Waals surface area (Å²) in [7, 11) is 3.47. The molecule has 0 fully saturated rings. The number of nitrogen functional groups attached to an aromatic ring is 1. The standard InChI is InChI=1S/C22H19N3.C9H10N4O/c1-3-20-14-19-9-7-8-18(13-12-17-15-23-24(2)16-17)22(19)25(20)21-10-5-4-6-11-21;1-11-9(14)7-6-4-2-3-5-13(6)12-8(7)10/h4-11,14-16H,3H2,1-2H3;2-5H,1H3,(H2,10,12)(H,11,14). The van der Waals surface area contributed by atoms with Crippen molar-refractivity contribution in [3.05, 3.63) is 114 Å². The van der Waals surface area contributed by atoms with Crippen LogP contribution >= 0.6 is 0 Å². The number of pyridine rings is 1. The Bertz CT molecular complexity index is 1830. The Morgan fingerprint density at radius 1 is 1.03 bits per heavy atom. The number of nitrogens with two attached hydrogens (primary N) is 1. The van der Waals surface area contributed by atoms with Gasteiger partial charge in [0.1, 0.15) is 5.56 Å². The van der Waals surface area contributed by atoms with Crippen molar-refractivity contribution in [3.63, 3.8) is 0 Å². The molecule has 4 aromatic heterocycles. The normalized spacial score (nSPS) is 10.5.